The number of hydrogen-bond donors (Lipinski definition) is 1. The normalized spacial score (nSPS) is 15.3. The highest BCUT2D eigenvalue weighted by atomic mass is 19.4. The van der Waals surface area contributed by atoms with Gasteiger partial charge in [0.15, 0.2) is 0 Å². The summed E-state index contributed by atoms with van der Waals surface area (Å²) in [6.07, 6.45) is -7.69. The van der Waals surface area contributed by atoms with E-state index in [1.165, 1.54) is 6.92 Å². The van der Waals surface area contributed by atoms with Gasteiger partial charge in [0.1, 0.15) is 0 Å². The number of rotatable bonds is 7. The number of nitrogens with one attached hydrogen (secondary N) is 1. The van der Waals surface area contributed by atoms with Gasteiger partial charge in [-0.15, -0.1) is 0 Å². The smallest absolute Gasteiger partial charge is 0.351 e. The Kier molecular flexibility index (Phi) is 6.01. The maximum Gasteiger partial charge on any atom is 0.460 e. The lowest BCUT2D eigenvalue weighted by Crippen LogP contribution is -2.72. The number of alkyl halides is 13. The van der Waals surface area contributed by atoms with Gasteiger partial charge >= 0.3 is 35.8 Å². The lowest BCUT2D eigenvalue weighted by Gasteiger charge is -2.39. The zero-order valence-electron chi connectivity index (χ0n) is 11.7. The Labute approximate surface area is 130 Å². The highest BCUT2D eigenvalue weighted by Crippen LogP contribution is 2.60. The molecular weight excluding hydrogens is 397 g/mol. The molecule has 0 spiro atoms. The van der Waals surface area contributed by atoms with E-state index < -0.39 is 48.2 Å². The first-order valence-electron chi connectivity index (χ1n) is 5.97. The highest BCUT2D eigenvalue weighted by Gasteiger charge is 2.91. The first-order chi connectivity index (χ1) is 10.7. The summed E-state index contributed by atoms with van der Waals surface area (Å²) in [6, 6.07) is 0. The van der Waals surface area contributed by atoms with E-state index in [2.05, 4.69) is 0 Å². The van der Waals surface area contributed by atoms with Gasteiger partial charge in [-0.1, -0.05) is 6.92 Å². The van der Waals surface area contributed by atoms with Gasteiger partial charge in [0.25, 0.3) is 5.91 Å². The number of hydrogen-bond acceptors (Lipinski definition) is 1. The Morgan fingerprint density at radius 2 is 1.04 bits per heavy atom. The monoisotopic (exact) mass is 405 g/mol. The van der Waals surface area contributed by atoms with Crippen LogP contribution in [0.3, 0.4) is 0 Å². The van der Waals surface area contributed by atoms with Gasteiger partial charge in [-0.2, -0.15) is 57.1 Å². The summed E-state index contributed by atoms with van der Waals surface area (Å²) in [6.45, 7) is 0.342. The lowest BCUT2D eigenvalue weighted by molar-refractivity contribution is -0.436. The topological polar surface area (TPSA) is 29.1 Å². The Balaban J connectivity index is 6.16. The molecule has 15 heteroatoms. The molecule has 0 fully saturated rings. The first-order valence-corrected chi connectivity index (χ1v) is 5.97. The average Bonchev–Trinajstić information content (AvgIpc) is 2.42. The minimum absolute atomic E-state index is 0.216. The third-order valence-corrected chi connectivity index (χ3v) is 2.75. The van der Waals surface area contributed by atoms with Crippen molar-refractivity contribution in [3.63, 3.8) is 0 Å². The molecule has 0 atom stereocenters. The van der Waals surface area contributed by atoms with E-state index in [1.54, 1.807) is 0 Å². The molecule has 1 N–H and O–H groups in total. The lowest BCUT2D eigenvalue weighted by atomic mass is 9.93. The number of carbonyl (C=O) groups is 1. The van der Waals surface area contributed by atoms with E-state index >= 15 is 0 Å². The van der Waals surface area contributed by atoms with Gasteiger partial charge in [0, 0.05) is 6.54 Å². The predicted octanol–water partition coefficient (Wildman–Crippen LogP) is 4.25. The largest absolute Gasteiger partial charge is 0.460 e. The molecule has 0 aliphatic carbocycles. The van der Waals surface area contributed by atoms with E-state index in [-0.39, 0.29) is 6.42 Å². The second-order valence-corrected chi connectivity index (χ2v) is 4.63. The van der Waals surface area contributed by atoms with Crippen LogP contribution in [0.4, 0.5) is 57.1 Å². The molecule has 0 saturated carbocycles. The summed E-state index contributed by atoms with van der Waals surface area (Å²) < 4.78 is 165. The second kappa shape index (κ2) is 6.37. The summed E-state index contributed by atoms with van der Waals surface area (Å²) in [5.41, 5.74) is 0. The van der Waals surface area contributed by atoms with Crippen LogP contribution in [0.25, 0.3) is 0 Å². The second-order valence-electron chi connectivity index (χ2n) is 4.63. The molecule has 0 aromatic carbocycles. The molecule has 2 nitrogen and oxygen atoms in total. The molecule has 0 aliphatic heterocycles. The standard InChI is InChI=1S/C10H8F13NO/c1-2-3-24-4(25)5(11,12)6(13,14)7(15,16)8(17,18)9(19,20)10(21,22)23/h2-3H2,1H3,(H,24,25). The van der Waals surface area contributed by atoms with Crippen molar-refractivity contribution in [3.8, 4) is 0 Å². The van der Waals surface area contributed by atoms with Crippen molar-refractivity contribution < 1.29 is 61.9 Å². The fraction of sp³-hybridized carbons (Fsp3) is 0.900. The molecule has 150 valence electrons. The Bertz CT molecular complexity index is 496. The quantitative estimate of drug-likeness (QED) is 0.631. The van der Waals surface area contributed by atoms with E-state index in [0.717, 1.165) is 5.32 Å². The SMILES string of the molecule is CCCNC(=O)C(F)(F)C(F)(F)C(F)(F)C(F)(F)C(F)(F)C(F)(F)F. The minimum Gasteiger partial charge on any atom is -0.351 e. The number of carbonyl (C=O) groups excluding carboxylic acids is 1. The summed E-state index contributed by atoms with van der Waals surface area (Å²) in [5.74, 6) is -41.3. The van der Waals surface area contributed by atoms with Crippen LogP contribution in [0.1, 0.15) is 13.3 Å². The van der Waals surface area contributed by atoms with Gasteiger partial charge in [0.2, 0.25) is 0 Å². The molecule has 25 heavy (non-hydrogen) atoms. The highest BCUT2D eigenvalue weighted by molar-refractivity contribution is 5.84. The van der Waals surface area contributed by atoms with E-state index in [4.69, 9.17) is 0 Å². The van der Waals surface area contributed by atoms with Crippen molar-refractivity contribution in [1.29, 1.82) is 0 Å². The van der Waals surface area contributed by atoms with E-state index in [9.17, 15) is 61.9 Å². The fourth-order valence-corrected chi connectivity index (χ4v) is 1.26. The van der Waals surface area contributed by atoms with Crippen LogP contribution in [0.5, 0.6) is 0 Å². The molecule has 0 aliphatic rings. The molecule has 0 rings (SSSR count). The van der Waals surface area contributed by atoms with Gasteiger partial charge in [-0.25, -0.2) is 0 Å². The van der Waals surface area contributed by atoms with Crippen molar-refractivity contribution in [2.75, 3.05) is 6.54 Å². The van der Waals surface area contributed by atoms with Gasteiger partial charge in [-0.05, 0) is 6.42 Å². The Morgan fingerprint density at radius 1 is 0.680 bits per heavy atom. The van der Waals surface area contributed by atoms with E-state index in [0.29, 0.717) is 0 Å². The minimum atomic E-state index is -8.00. The van der Waals surface area contributed by atoms with Crippen molar-refractivity contribution in [3.05, 3.63) is 0 Å². The zero-order valence-corrected chi connectivity index (χ0v) is 11.7. The molecule has 0 unspecified atom stereocenters. The molecule has 0 bridgehead atoms. The first kappa shape index (κ1) is 23.6. The molecule has 0 aromatic heterocycles. The van der Waals surface area contributed by atoms with Crippen LogP contribution in [-0.4, -0.2) is 48.2 Å². The molecule has 0 heterocycles. The van der Waals surface area contributed by atoms with Crippen molar-refractivity contribution in [1.82, 2.24) is 5.32 Å². The predicted molar refractivity (Wildman–Crippen MR) is 54.1 cm³/mol. The fourth-order valence-electron chi connectivity index (χ4n) is 1.26. The van der Waals surface area contributed by atoms with Crippen molar-refractivity contribution in [2.24, 2.45) is 0 Å². The van der Waals surface area contributed by atoms with Gasteiger partial charge in [0.05, 0.1) is 0 Å². The maximum absolute atomic E-state index is 13.1. The van der Waals surface area contributed by atoms with Crippen molar-refractivity contribution >= 4 is 5.91 Å². The van der Waals surface area contributed by atoms with Crippen molar-refractivity contribution in [2.45, 2.75) is 49.1 Å². The number of amides is 1. The summed E-state index contributed by atoms with van der Waals surface area (Å²) in [4.78, 5) is 10.8. The van der Waals surface area contributed by atoms with Crippen LogP contribution < -0.4 is 5.32 Å². The summed E-state index contributed by atoms with van der Waals surface area (Å²) in [5, 5.41) is 0.914. The molecule has 1 amide bonds. The number of halogens is 13. The third kappa shape index (κ3) is 3.32. The average molecular weight is 405 g/mol. The summed E-state index contributed by atoms with van der Waals surface area (Å²) in [7, 11) is 0. The van der Waals surface area contributed by atoms with Crippen LogP contribution >= 0.6 is 0 Å². The molecule has 0 aromatic rings. The van der Waals surface area contributed by atoms with Crippen LogP contribution in [0.2, 0.25) is 0 Å². The Morgan fingerprint density at radius 3 is 1.36 bits per heavy atom. The zero-order chi connectivity index (χ0) is 20.7. The van der Waals surface area contributed by atoms with Gasteiger partial charge < -0.3 is 5.32 Å². The van der Waals surface area contributed by atoms with Crippen LogP contribution in [0.15, 0.2) is 0 Å². The summed E-state index contributed by atoms with van der Waals surface area (Å²) >= 11 is 0. The third-order valence-electron chi connectivity index (χ3n) is 2.75. The maximum atomic E-state index is 13.1. The van der Waals surface area contributed by atoms with E-state index in [1.807, 2.05) is 0 Å². The molecule has 0 saturated heterocycles. The van der Waals surface area contributed by atoms with Crippen LogP contribution in [-0.2, 0) is 4.79 Å². The Hall–Kier alpha value is -1.44. The molecular formula is C10H8F13NO. The van der Waals surface area contributed by atoms with Crippen LogP contribution in [0, 0.1) is 0 Å². The molecule has 0 radical (unpaired) electrons. The van der Waals surface area contributed by atoms with Gasteiger partial charge in [-0.3, -0.25) is 4.79 Å².